The number of phenolic OH excluding ortho intramolecular Hbond substituents is 1. The standard InChI is InChI=1S/C22H24N4O6/c1-24-18(10-14-12-23-16-4-3-5-17(19(14)16)26(31)32)20(28)25(2)22(30,21(24)29)11-13-6-8-15(27)9-7-13/h3-9,12,18,23,26-27,30-31H,10-11H2,1-2H3. The van der Waals surface area contributed by atoms with Crippen LogP contribution in [0.1, 0.15) is 11.1 Å². The second-order valence-corrected chi connectivity index (χ2v) is 8.04. The highest BCUT2D eigenvalue weighted by Crippen LogP contribution is 2.31. The molecule has 0 aliphatic carbocycles. The molecule has 168 valence electrons. The minimum atomic E-state index is -2.08. The summed E-state index contributed by atoms with van der Waals surface area (Å²) in [5, 5.41) is 41.2. The zero-order valence-corrected chi connectivity index (χ0v) is 17.6. The van der Waals surface area contributed by atoms with Crippen LogP contribution in [-0.2, 0) is 22.4 Å². The van der Waals surface area contributed by atoms with Gasteiger partial charge in [0.25, 0.3) is 5.91 Å². The fourth-order valence-electron chi connectivity index (χ4n) is 4.26. The van der Waals surface area contributed by atoms with Crippen LogP contribution in [0.4, 0.5) is 5.69 Å². The van der Waals surface area contributed by atoms with E-state index in [0.29, 0.717) is 22.0 Å². The number of quaternary nitrogens is 1. The molecular formula is C22H24N4O6. The number of nitrogens with one attached hydrogen (secondary N) is 2. The summed E-state index contributed by atoms with van der Waals surface area (Å²) in [6, 6.07) is 9.98. The number of likely N-dealkylation sites (N-methyl/N-ethyl adjacent to an activating group) is 2. The quantitative estimate of drug-likeness (QED) is 0.355. The first-order chi connectivity index (χ1) is 15.1. The smallest absolute Gasteiger partial charge is 0.276 e. The molecule has 0 saturated carbocycles. The van der Waals surface area contributed by atoms with Crippen LogP contribution in [0.5, 0.6) is 5.75 Å². The van der Waals surface area contributed by atoms with Crippen molar-refractivity contribution < 1.29 is 30.2 Å². The van der Waals surface area contributed by atoms with Crippen LogP contribution in [0.3, 0.4) is 0 Å². The Hall–Kier alpha value is -3.44. The third-order valence-corrected chi connectivity index (χ3v) is 6.12. The van der Waals surface area contributed by atoms with E-state index in [1.807, 2.05) is 0 Å². The molecule has 1 saturated heterocycles. The summed E-state index contributed by atoms with van der Waals surface area (Å²) in [5.41, 5.74) is -0.185. The number of aromatic nitrogens is 1. The topological polar surface area (TPSA) is 145 Å². The van der Waals surface area contributed by atoms with Crippen molar-refractivity contribution >= 4 is 28.4 Å². The van der Waals surface area contributed by atoms with E-state index in [4.69, 9.17) is 0 Å². The summed E-state index contributed by atoms with van der Waals surface area (Å²) in [6.45, 7) is 0. The second-order valence-electron chi connectivity index (χ2n) is 8.04. The van der Waals surface area contributed by atoms with Crippen LogP contribution in [0.2, 0.25) is 0 Å². The predicted octanol–water partition coefficient (Wildman–Crippen LogP) is 0.0497. The van der Waals surface area contributed by atoms with Gasteiger partial charge in [-0.05, 0) is 29.3 Å². The number of aromatic hydroxyl groups is 1. The van der Waals surface area contributed by atoms with E-state index in [-0.39, 0.29) is 24.3 Å². The Morgan fingerprint density at radius 2 is 1.84 bits per heavy atom. The minimum Gasteiger partial charge on any atom is -0.595 e. The van der Waals surface area contributed by atoms with Crippen LogP contribution in [-0.4, -0.2) is 67.9 Å². The monoisotopic (exact) mass is 440 g/mol. The molecule has 0 bridgehead atoms. The first-order valence-corrected chi connectivity index (χ1v) is 10.0. The zero-order valence-electron chi connectivity index (χ0n) is 17.6. The van der Waals surface area contributed by atoms with Crippen molar-refractivity contribution in [1.82, 2.24) is 14.8 Å². The van der Waals surface area contributed by atoms with Crippen LogP contribution in [0.25, 0.3) is 10.9 Å². The van der Waals surface area contributed by atoms with Crippen molar-refractivity contribution in [2.75, 3.05) is 14.1 Å². The Kier molecular flexibility index (Phi) is 5.39. The third kappa shape index (κ3) is 3.49. The number of aliphatic hydroxyl groups is 1. The highest BCUT2D eigenvalue weighted by atomic mass is 16.8. The van der Waals surface area contributed by atoms with Crippen molar-refractivity contribution in [2.45, 2.75) is 24.6 Å². The van der Waals surface area contributed by atoms with Gasteiger partial charge in [0.05, 0.1) is 10.9 Å². The molecule has 1 fully saturated rings. The maximum atomic E-state index is 13.2. The molecule has 3 aromatic rings. The molecule has 1 aromatic heterocycles. The summed E-state index contributed by atoms with van der Waals surface area (Å²) < 4.78 is 0. The number of phenols is 1. The number of rotatable bonds is 5. The number of benzene rings is 2. The molecule has 2 aromatic carbocycles. The van der Waals surface area contributed by atoms with Crippen LogP contribution < -0.4 is 5.23 Å². The number of carbonyl (C=O) groups is 2. The van der Waals surface area contributed by atoms with Crippen molar-refractivity contribution in [3.8, 4) is 5.75 Å². The van der Waals surface area contributed by atoms with Crippen LogP contribution >= 0.6 is 0 Å². The van der Waals surface area contributed by atoms with Crippen molar-refractivity contribution in [1.29, 1.82) is 0 Å². The van der Waals surface area contributed by atoms with E-state index in [1.54, 1.807) is 30.5 Å². The Labute approximate surface area is 183 Å². The normalized spacial score (nSPS) is 22.6. The number of piperazine rings is 1. The summed E-state index contributed by atoms with van der Waals surface area (Å²) in [4.78, 5) is 31.7. The van der Waals surface area contributed by atoms with Gasteiger partial charge in [-0.3, -0.25) is 9.59 Å². The second kappa shape index (κ2) is 7.92. The first-order valence-electron chi connectivity index (χ1n) is 10.0. The number of fused-ring (bicyclic) bond motifs is 1. The Morgan fingerprint density at radius 3 is 2.50 bits per heavy atom. The van der Waals surface area contributed by atoms with Gasteiger partial charge in [-0.15, -0.1) is 0 Å². The van der Waals surface area contributed by atoms with Gasteiger partial charge in [-0.1, -0.05) is 18.2 Å². The fraction of sp³-hybridized carbons (Fsp3) is 0.273. The summed E-state index contributed by atoms with van der Waals surface area (Å²) in [7, 11) is 2.82. The van der Waals surface area contributed by atoms with Crippen molar-refractivity contribution in [3.05, 3.63) is 65.0 Å². The maximum absolute atomic E-state index is 13.2. The molecule has 10 nitrogen and oxygen atoms in total. The SMILES string of the molecule is CN1C(=O)C(O)(Cc2ccc(O)cc2)N(C)C(=O)C1Cc1c[nH]c2cccc([NH+]([O-])O)c12. The van der Waals surface area contributed by atoms with Gasteiger partial charge in [0.2, 0.25) is 11.6 Å². The van der Waals surface area contributed by atoms with E-state index in [1.165, 1.54) is 37.2 Å². The molecule has 2 amide bonds. The molecule has 10 heteroatoms. The first kappa shape index (κ1) is 21.8. The number of carbonyl (C=O) groups excluding carboxylic acids is 2. The Balaban J connectivity index is 1.65. The average molecular weight is 440 g/mol. The number of amides is 2. The molecule has 5 N–H and O–H groups in total. The van der Waals surface area contributed by atoms with E-state index in [0.717, 1.165) is 4.90 Å². The summed E-state index contributed by atoms with van der Waals surface area (Å²) in [5.74, 6) is -1.05. The van der Waals surface area contributed by atoms with Crippen molar-refractivity contribution in [3.63, 3.8) is 0 Å². The lowest BCUT2D eigenvalue weighted by Gasteiger charge is -2.47. The third-order valence-electron chi connectivity index (χ3n) is 6.12. The van der Waals surface area contributed by atoms with E-state index >= 15 is 0 Å². The zero-order chi connectivity index (χ0) is 23.2. The van der Waals surface area contributed by atoms with E-state index in [9.17, 15) is 30.2 Å². The number of nitrogens with zero attached hydrogens (tertiary/aromatic N) is 2. The lowest BCUT2D eigenvalue weighted by Crippen LogP contribution is -2.99. The maximum Gasteiger partial charge on any atom is 0.276 e. The molecule has 1 aliphatic rings. The lowest BCUT2D eigenvalue weighted by molar-refractivity contribution is -0.990. The lowest BCUT2D eigenvalue weighted by atomic mass is 9.92. The average Bonchev–Trinajstić information content (AvgIpc) is 3.19. The van der Waals surface area contributed by atoms with Gasteiger partial charge in [0.15, 0.2) is 5.69 Å². The fourth-order valence-corrected chi connectivity index (χ4v) is 4.26. The molecule has 3 atom stereocenters. The molecule has 32 heavy (non-hydrogen) atoms. The number of hydrogen-bond acceptors (Lipinski definition) is 6. The number of aromatic amines is 1. The molecular weight excluding hydrogens is 416 g/mol. The molecule has 3 unspecified atom stereocenters. The largest absolute Gasteiger partial charge is 0.595 e. The van der Waals surface area contributed by atoms with Gasteiger partial charge < -0.3 is 30.2 Å². The van der Waals surface area contributed by atoms with Gasteiger partial charge in [0.1, 0.15) is 11.8 Å². The molecule has 0 radical (unpaired) electrons. The minimum absolute atomic E-state index is 0.0526. The van der Waals surface area contributed by atoms with E-state index < -0.39 is 28.8 Å². The van der Waals surface area contributed by atoms with Crippen LogP contribution in [0.15, 0.2) is 48.7 Å². The summed E-state index contributed by atoms with van der Waals surface area (Å²) in [6.07, 6.45) is 1.59. The van der Waals surface area contributed by atoms with Crippen molar-refractivity contribution in [2.24, 2.45) is 0 Å². The highest BCUT2D eigenvalue weighted by Gasteiger charge is 2.53. The van der Waals surface area contributed by atoms with Crippen LogP contribution in [0, 0.1) is 5.21 Å². The predicted molar refractivity (Wildman–Crippen MR) is 114 cm³/mol. The van der Waals surface area contributed by atoms with Gasteiger partial charge >= 0.3 is 0 Å². The Bertz CT molecular complexity index is 1170. The number of H-pyrrole nitrogens is 1. The highest BCUT2D eigenvalue weighted by molar-refractivity contribution is 5.99. The van der Waals surface area contributed by atoms with Gasteiger partial charge in [-0.25, -0.2) is 5.21 Å². The Morgan fingerprint density at radius 1 is 1.16 bits per heavy atom. The number of hydrogen-bond donors (Lipinski definition) is 5. The summed E-state index contributed by atoms with van der Waals surface area (Å²) >= 11 is 0. The van der Waals surface area contributed by atoms with E-state index in [2.05, 4.69) is 4.98 Å². The molecule has 4 rings (SSSR count). The van der Waals surface area contributed by atoms with Gasteiger partial charge in [-0.2, -0.15) is 5.23 Å². The van der Waals surface area contributed by atoms with Gasteiger partial charge in [0, 0.05) is 39.2 Å². The molecule has 1 aliphatic heterocycles. The molecule has 2 heterocycles. The molecule has 0 spiro atoms.